The lowest BCUT2D eigenvalue weighted by Crippen LogP contribution is -2.45. The fourth-order valence-corrected chi connectivity index (χ4v) is 12.1. The van der Waals surface area contributed by atoms with Gasteiger partial charge in [0.25, 0.3) is 0 Å². The Morgan fingerprint density at radius 1 is 0.333 bits per heavy atom. The summed E-state index contributed by atoms with van der Waals surface area (Å²) in [7, 11) is 0. The highest BCUT2D eigenvalue weighted by Crippen LogP contribution is 2.20. The first-order valence-corrected chi connectivity index (χ1v) is 37.4. The molecule has 0 fully saturated rings. The van der Waals surface area contributed by atoms with Crippen molar-refractivity contribution >= 4 is 11.9 Å². The maximum Gasteiger partial charge on any atom is 0.305 e. The van der Waals surface area contributed by atoms with Crippen LogP contribution in [0.2, 0.25) is 0 Å². The Bertz CT molecular complexity index is 1220. The van der Waals surface area contributed by atoms with Gasteiger partial charge < -0.3 is 20.3 Å². The second kappa shape index (κ2) is 71.1. The Labute approximate surface area is 508 Å². The van der Waals surface area contributed by atoms with Crippen molar-refractivity contribution in [3.8, 4) is 0 Å². The third kappa shape index (κ3) is 67.6. The van der Waals surface area contributed by atoms with Crippen LogP contribution < -0.4 is 5.32 Å². The van der Waals surface area contributed by atoms with Gasteiger partial charge in [0.15, 0.2) is 0 Å². The molecule has 0 saturated carbocycles. The summed E-state index contributed by atoms with van der Waals surface area (Å²) in [5, 5.41) is 23.3. The van der Waals surface area contributed by atoms with E-state index in [1.165, 1.54) is 360 Å². The van der Waals surface area contributed by atoms with Crippen LogP contribution in [0, 0.1) is 0 Å². The molecule has 0 aromatic carbocycles. The molecule has 0 saturated heterocycles. The van der Waals surface area contributed by atoms with Crippen molar-refractivity contribution in [2.75, 3.05) is 13.2 Å². The van der Waals surface area contributed by atoms with Crippen LogP contribution >= 0.6 is 0 Å². The number of unbranched alkanes of at least 4 members (excludes halogenated alkanes) is 58. The van der Waals surface area contributed by atoms with Gasteiger partial charge in [-0.25, -0.2) is 0 Å². The van der Waals surface area contributed by atoms with Gasteiger partial charge in [-0.05, 0) is 51.4 Å². The number of hydrogen-bond acceptors (Lipinski definition) is 5. The van der Waals surface area contributed by atoms with Gasteiger partial charge in [-0.15, -0.1) is 0 Å². The normalized spacial score (nSPS) is 12.5. The lowest BCUT2D eigenvalue weighted by atomic mass is 10.0. The maximum atomic E-state index is 12.5. The zero-order valence-corrected chi connectivity index (χ0v) is 55.3. The number of allylic oxidation sites excluding steroid dienone is 2. The van der Waals surface area contributed by atoms with Crippen molar-refractivity contribution in [1.29, 1.82) is 0 Å². The summed E-state index contributed by atoms with van der Waals surface area (Å²) in [6.45, 7) is 4.99. The second-order valence-corrected chi connectivity index (χ2v) is 26.0. The van der Waals surface area contributed by atoms with Crippen molar-refractivity contribution < 1.29 is 24.5 Å². The number of hydrogen-bond donors (Lipinski definition) is 3. The van der Waals surface area contributed by atoms with Crippen molar-refractivity contribution in [3.05, 3.63) is 12.2 Å². The van der Waals surface area contributed by atoms with E-state index in [-0.39, 0.29) is 18.5 Å². The van der Waals surface area contributed by atoms with Crippen molar-refractivity contribution in [2.24, 2.45) is 0 Å². The van der Waals surface area contributed by atoms with Crippen molar-refractivity contribution in [2.45, 2.75) is 443 Å². The molecule has 2 atom stereocenters. The number of nitrogens with one attached hydrogen (secondary N) is 1. The Kier molecular flexibility index (Phi) is 69.9. The van der Waals surface area contributed by atoms with E-state index in [0.29, 0.717) is 25.9 Å². The molecule has 0 aliphatic rings. The first kappa shape index (κ1) is 79.6. The first-order valence-electron chi connectivity index (χ1n) is 37.4. The fourth-order valence-electron chi connectivity index (χ4n) is 12.1. The highest BCUT2D eigenvalue weighted by atomic mass is 16.5. The maximum absolute atomic E-state index is 12.5. The molecule has 0 heterocycles. The molecule has 6 heteroatoms. The van der Waals surface area contributed by atoms with Crippen LogP contribution in [-0.4, -0.2) is 47.4 Å². The summed E-state index contributed by atoms with van der Waals surface area (Å²) < 4.78 is 5.49. The molecule has 0 aliphatic carbocycles. The molecule has 0 spiro atoms. The third-order valence-electron chi connectivity index (χ3n) is 17.8. The number of carbonyl (C=O) groups is 2. The van der Waals surface area contributed by atoms with Crippen LogP contribution in [0.25, 0.3) is 0 Å². The van der Waals surface area contributed by atoms with Gasteiger partial charge in [0.1, 0.15) is 0 Å². The average Bonchev–Trinajstić information content (AvgIpc) is 3.47. The minimum absolute atomic E-state index is 0.0249. The smallest absolute Gasteiger partial charge is 0.305 e. The molecule has 3 N–H and O–H groups in total. The van der Waals surface area contributed by atoms with Crippen LogP contribution in [-0.2, 0) is 14.3 Å². The molecule has 1 amide bonds. The van der Waals surface area contributed by atoms with E-state index >= 15 is 0 Å². The van der Waals surface area contributed by atoms with E-state index < -0.39 is 12.1 Å². The van der Waals surface area contributed by atoms with Gasteiger partial charge >= 0.3 is 5.97 Å². The van der Waals surface area contributed by atoms with Crippen LogP contribution in [0.1, 0.15) is 431 Å². The first-order chi connectivity index (χ1) is 40.0. The predicted octanol–water partition coefficient (Wildman–Crippen LogP) is 24.3. The molecule has 0 aromatic rings. The second-order valence-electron chi connectivity index (χ2n) is 26.0. The number of aliphatic hydroxyl groups is 2. The summed E-state index contributed by atoms with van der Waals surface area (Å²) in [5.41, 5.74) is 0. The Morgan fingerprint density at radius 2 is 0.580 bits per heavy atom. The Hall–Kier alpha value is -1.40. The minimum Gasteiger partial charge on any atom is -0.466 e. The summed E-state index contributed by atoms with van der Waals surface area (Å²) in [4.78, 5) is 24.5. The average molecular weight is 1140 g/mol. The fraction of sp³-hybridized carbons (Fsp3) is 0.947. The molecule has 81 heavy (non-hydrogen) atoms. The van der Waals surface area contributed by atoms with E-state index in [0.717, 1.165) is 38.5 Å². The van der Waals surface area contributed by atoms with Gasteiger partial charge in [-0.1, -0.05) is 379 Å². The monoisotopic (exact) mass is 1140 g/mol. The number of amides is 1. The summed E-state index contributed by atoms with van der Waals surface area (Å²) in [5.74, 6) is -0.00361. The van der Waals surface area contributed by atoms with Crippen LogP contribution in [0.5, 0.6) is 0 Å². The lowest BCUT2D eigenvalue weighted by Gasteiger charge is -2.22. The van der Waals surface area contributed by atoms with Gasteiger partial charge in [-0.2, -0.15) is 0 Å². The van der Waals surface area contributed by atoms with Gasteiger partial charge in [0.2, 0.25) is 5.91 Å². The Morgan fingerprint density at radius 3 is 0.877 bits per heavy atom. The molecule has 0 rings (SSSR count). The molecule has 0 bridgehead atoms. The van der Waals surface area contributed by atoms with Gasteiger partial charge in [0.05, 0.1) is 25.4 Å². The van der Waals surface area contributed by atoms with E-state index in [9.17, 15) is 19.8 Å². The highest BCUT2D eigenvalue weighted by molar-refractivity contribution is 5.76. The third-order valence-corrected chi connectivity index (χ3v) is 17.8. The number of aliphatic hydroxyl groups excluding tert-OH is 2. The molecule has 6 nitrogen and oxygen atoms in total. The number of esters is 1. The molecule has 2 unspecified atom stereocenters. The quantitative estimate of drug-likeness (QED) is 0.0320. The van der Waals surface area contributed by atoms with E-state index in [4.69, 9.17) is 4.74 Å². The topological polar surface area (TPSA) is 95.9 Å². The van der Waals surface area contributed by atoms with E-state index in [2.05, 4.69) is 31.3 Å². The molecule has 482 valence electrons. The zero-order valence-electron chi connectivity index (χ0n) is 55.3. The molecular formula is C75H147NO5. The number of ether oxygens (including phenoxy) is 1. The Balaban J connectivity index is 3.29. The zero-order chi connectivity index (χ0) is 58.5. The SMILES string of the molecule is CCCCCCCCCCCCCCCC(=O)OCCCCCCCCCCCCCCCCCCCC/C=C\CCCCCCCCCCCCCCCCCCCC(=O)NC(CO)C(O)CCCCCCCCCCCCCC. The van der Waals surface area contributed by atoms with Crippen LogP contribution in [0.4, 0.5) is 0 Å². The minimum atomic E-state index is -0.659. The number of rotatable bonds is 71. The van der Waals surface area contributed by atoms with Crippen LogP contribution in [0.3, 0.4) is 0 Å². The van der Waals surface area contributed by atoms with Crippen molar-refractivity contribution in [3.63, 3.8) is 0 Å². The lowest BCUT2D eigenvalue weighted by molar-refractivity contribution is -0.143. The largest absolute Gasteiger partial charge is 0.466 e. The van der Waals surface area contributed by atoms with E-state index in [1.807, 2.05) is 0 Å². The number of carbonyl (C=O) groups excluding carboxylic acids is 2. The molecular weight excluding hydrogens is 995 g/mol. The van der Waals surface area contributed by atoms with Crippen molar-refractivity contribution in [1.82, 2.24) is 5.32 Å². The highest BCUT2D eigenvalue weighted by Gasteiger charge is 2.20. The molecule has 0 radical (unpaired) electrons. The predicted molar refractivity (Wildman–Crippen MR) is 357 cm³/mol. The van der Waals surface area contributed by atoms with Crippen LogP contribution in [0.15, 0.2) is 12.2 Å². The standard InChI is InChI=1S/C75H147NO5/c1-3-5-7-9-11-13-15-44-49-53-57-61-65-69-75(80)81-70-66-62-58-54-50-46-43-41-39-37-35-33-31-29-27-25-23-21-19-17-18-20-22-24-26-28-30-32-34-36-38-40-42-45-48-52-56-60-64-68-74(79)76-72(71-77)73(78)67-63-59-55-51-47-16-14-12-10-8-6-4-2/h17-18,72-73,77-78H,3-16,19-71H2,1-2H3,(H,76,79)/b18-17-. The summed E-state index contributed by atoms with van der Waals surface area (Å²) in [6, 6.07) is -0.536. The summed E-state index contributed by atoms with van der Waals surface area (Å²) >= 11 is 0. The van der Waals surface area contributed by atoms with E-state index in [1.54, 1.807) is 0 Å². The van der Waals surface area contributed by atoms with Gasteiger partial charge in [-0.3, -0.25) is 9.59 Å². The van der Waals surface area contributed by atoms with Gasteiger partial charge in [0, 0.05) is 12.8 Å². The molecule has 0 aliphatic heterocycles. The summed E-state index contributed by atoms with van der Waals surface area (Å²) in [6.07, 6.45) is 88.8. The molecule has 0 aromatic heterocycles.